The lowest BCUT2D eigenvalue weighted by Crippen LogP contribution is -2.34. The van der Waals surface area contributed by atoms with Gasteiger partial charge in [-0.2, -0.15) is 0 Å². The maximum Gasteiger partial charge on any atom is 0.0454 e. The van der Waals surface area contributed by atoms with E-state index in [4.69, 9.17) is 11.6 Å². The van der Waals surface area contributed by atoms with E-state index in [9.17, 15) is 0 Å². The second-order valence-corrected chi connectivity index (χ2v) is 5.57. The van der Waals surface area contributed by atoms with Crippen LogP contribution in [-0.4, -0.2) is 7.05 Å². The molecule has 0 saturated heterocycles. The predicted molar refractivity (Wildman–Crippen MR) is 74.4 cm³/mol. The van der Waals surface area contributed by atoms with Crippen molar-refractivity contribution in [3.8, 4) is 0 Å². The van der Waals surface area contributed by atoms with Crippen LogP contribution < -0.4 is 5.32 Å². The SMILES string of the molecule is CCC1(C(NC)c2ccccc2Cl)CCCC1. The van der Waals surface area contributed by atoms with E-state index in [0.29, 0.717) is 11.5 Å². The smallest absolute Gasteiger partial charge is 0.0454 e. The largest absolute Gasteiger partial charge is 0.312 e. The fourth-order valence-corrected chi connectivity index (χ4v) is 3.67. The predicted octanol–water partition coefficient (Wildman–Crippen LogP) is 4.57. The standard InChI is InChI=1S/C15H22ClN/c1-3-15(10-6-7-11-15)14(17-2)12-8-4-5-9-13(12)16/h4-5,8-9,14,17H,3,6-7,10-11H2,1-2H3. The maximum absolute atomic E-state index is 6.36. The molecule has 0 aliphatic heterocycles. The molecule has 1 aromatic rings. The summed E-state index contributed by atoms with van der Waals surface area (Å²) in [5.41, 5.74) is 1.67. The van der Waals surface area contributed by atoms with Crippen molar-refractivity contribution in [2.24, 2.45) is 5.41 Å². The quantitative estimate of drug-likeness (QED) is 0.827. The van der Waals surface area contributed by atoms with Crippen LogP contribution in [0.4, 0.5) is 0 Å². The van der Waals surface area contributed by atoms with E-state index in [1.165, 1.54) is 37.7 Å². The molecular formula is C15H22ClN. The van der Waals surface area contributed by atoms with Crippen LogP contribution in [0.15, 0.2) is 24.3 Å². The van der Waals surface area contributed by atoms with Crippen molar-refractivity contribution < 1.29 is 0 Å². The Morgan fingerprint density at radius 3 is 2.47 bits per heavy atom. The van der Waals surface area contributed by atoms with Crippen molar-refractivity contribution in [2.75, 3.05) is 7.05 Å². The van der Waals surface area contributed by atoms with Crippen LogP contribution in [0.3, 0.4) is 0 Å². The van der Waals surface area contributed by atoms with Gasteiger partial charge in [0.25, 0.3) is 0 Å². The summed E-state index contributed by atoms with van der Waals surface area (Å²) in [4.78, 5) is 0. The summed E-state index contributed by atoms with van der Waals surface area (Å²) in [7, 11) is 2.06. The highest BCUT2D eigenvalue weighted by Gasteiger charge is 2.40. The minimum atomic E-state index is 0.392. The number of hydrogen-bond donors (Lipinski definition) is 1. The minimum Gasteiger partial charge on any atom is -0.312 e. The second-order valence-electron chi connectivity index (χ2n) is 5.17. The van der Waals surface area contributed by atoms with E-state index in [0.717, 1.165) is 5.02 Å². The molecule has 1 aliphatic carbocycles. The normalized spacial score (nSPS) is 20.4. The van der Waals surface area contributed by atoms with E-state index >= 15 is 0 Å². The zero-order valence-corrected chi connectivity index (χ0v) is 11.6. The summed E-state index contributed by atoms with van der Waals surface area (Å²) in [5.74, 6) is 0. The van der Waals surface area contributed by atoms with Crippen LogP contribution in [-0.2, 0) is 0 Å². The van der Waals surface area contributed by atoms with Gasteiger partial charge in [-0.05, 0) is 43.4 Å². The molecule has 0 amide bonds. The number of benzene rings is 1. The molecule has 1 nitrogen and oxygen atoms in total. The Kier molecular flexibility index (Phi) is 4.11. The van der Waals surface area contributed by atoms with Gasteiger partial charge in [0.15, 0.2) is 0 Å². The molecule has 17 heavy (non-hydrogen) atoms. The molecule has 1 aromatic carbocycles. The molecule has 0 spiro atoms. The van der Waals surface area contributed by atoms with Crippen molar-refractivity contribution in [3.63, 3.8) is 0 Å². The zero-order chi connectivity index (χ0) is 12.3. The second kappa shape index (κ2) is 5.41. The van der Waals surface area contributed by atoms with Gasteiger partial charge >= 0.3 is 0 Å². The van der Waals surface area contributed by atoms with Crippen LogP contribution in [0.2, 0.25) is 5.02 Å². The van der Waals surface area contributed by atoms with Crippen molar-refractivity contribution in [1.82, 2.24) is 5.32 Å². The third-order valence-corrected chi connectivity index (χ3v) is 4.76. The highest BCUT2D eigenvalue weighted by molar-refractivity contribution is 6.31. The molecule has 1 fully saturated rings. The summed E-state index contributed by atoms with van der Waals surface area (Å²) < 4.78 is 0. The van der Waals surface area contributed by atoms with E-state index < -0.39 is 0 Å². The van der Waals surface area contributed by atoms with Gasteiger partial charge in [0.05, 0.1) is 0 Å². The van der Waals surface area contributed by atoms with Gasteiger partial charge < -0.3 is 5.32 Å². The van der Waals surface area contributed by atoms with E-state index in [-0.39, 0.29) is 0 Å². The fourth-order valence-electron chi connectivity index (χ4n) is 3.43. The van der Waals surface area contributed by atoms with Gasteiger partial charge in [-0.3, -0.25) is 0 Å². The Morgan fingerprint density at radius 1 is 1.29 bits per heavy atom. The molecule has 94 valence electrons. The third kappa shape index (κ3) is 2.36. The average Bonchev–Trinajstić information content (AvgIpc) is 2.82. The van der Waals surface area contributed by atoms with Gasteiger partial charge in [-0.25, -0.2) is 0 Å². The lowest BCUT2D eigenvalue weighted by atomic mass is 9.73. The molecule has 1 saturated carbocycles. The molecule has 1 N–H and O–H groups in total. The first-order valence-corrected chi connectivity index (χ1v) is 7.03. The molecule has 0 heterocycles. The highest BCUT2D eigenvalue weighted by Crippen LogP contribution is 2.50. The molecule has 2 heteroatoms. The first-order chi connectivity index (χ1) is 8.23. The Bertz CT molecular complexity index is 369. The molecule has 0 radical (unpaired) electrons. The van der Waals surface area contributed by atoms with Gasteiger partial charge in [-0.15, -0.1) is 0 Å². The van der Waals surface area contributed by atoms with Crippen LogP contribution in [0, 0.1) is 5.41 Å². The highest BCUT2D eigenvalue weighted by atomic mass is 35.5. The molecule has 1 atom stereocenters. The summed E-state index contributed by atoms with van der Waals surface area (Å²) in [6.45, 7) is 2.31. The van der Waals surface area contributed by atoms with Gasteiger partial charge in [0.2, 0.25) is 0 Å². The molecule has 0 bridgehead atoms. The van der Waals surface area contributed by atoms with E-state index in [2.05, 4.69) is 31.4 Å². The van der Waals surface area contributed by atoms with Crippen molar-refractivity contribution >= 4 is 11.6 Å². The fraction of sp³-hybridized carbons (Fsp3) is 0.600. The van der Waals surface area contributed by atoms with Crippen LogP contribution in [0.1, 0.15) is 50.6 Å². The first kappa shape index (κ1) is 12.9. The Morgan fingerprint density at radius 2 is 1.94 bits per heavy atom. The van der Waals surface area contributed by atoms with Crippen LogP contribution in [0.25, 0.3) is 0 Å². The number of nitrogens with one attached hydrogen (secondary N) is 1. The third-order valence-electron chi connectivity index (χ3n) is 4.42. The lowest BCUT2D eigenvalue weighted by Gasteiger charge is -2.37. The Labute approximate surface area is 110 Å². The molecule has 1 unspecified atom stereocenters. The summed E-state index contributed by atoms with van der Waals surface area (Å²) >= 11 is 6.36. The first-order valence-electron chi connectivity index (χ1n) is 6.65. The number of hydrogen-bond acceptors (Lipinski definition) is 1. The molecule has 2 rings (SSSR count). The van der Waals surface area contributed by atoms with E-state index in [1.54, 1.807) is 0 Å². The summed E-state index contributed by atoms with van der Waals surface area (Å²) in [5, 5.41) is 4.40. The van der Waals surface area contributed by atoms with Crippen molar-refractivity contribution in [2.45, 2.75) is 45.1 Å². The zero-order valence-electron chi connectivity index (χ0n) is 10.8. The molecular weight excluding hydrogens is 230 g/mol. The van der Waals surface area contributed by atoms with Crippen LogP contribution in [0.5, 0.6) is 0 Å². The summed E-state index contributed by atoms with van der Waals surface area (Å²) in [6, 6.07) is 8.65. The van der Waals surface area contributed by atoms with Crippen molar-refractivity contribution in [3.05, 3.63) is 34.9 Å². The number of halogens is 1. The van der Waals surface area contributed by atoms with E-state index in [1.807, 2.05) is 12.1 Å². The minimum absolute atomic E-state index is 0.392. The summed E-state index contributed by atoms with van der Waals surface area (Å²) in [6.07, 6.45) is 6.58. The van der Waals surface area contributed by atoms with Gasteiger partial charge in [-0.1, -0.05) is 49.6 Å². The molecule has 1 aliphatic rings. The monoisotopic (exact) mass is 251 g/mol. The van der Waals surface area contributed by atoms with Gasteiger partial charge in [0, 0.05) is 11.1 Å². The Balaban J connectivity index is 2.36. The van der Waals surface area contributed by atoms with Crippen LogP contribution >= 0.6 is 11.6 Å². The average molecular weight is 252 g/mol. The Hall–Kier alpha value is -0.530. The molecule has 0 aromatic heterocycles. The topological polar surface area (TPSA) is 12.0 Å². The van der Waals surface area contributed by atoms with Gasteiger partial charge in [0.1, 0.15) is 0 Å². The maximum atomic E-state index is 6.36. The lowest BCUT2D eigenvalue weighted by molar-refractivity contribution is 0.195. The number of rotatable bonds is 4. The van der Waals surface area contributed by atoms with Crippen molar-refractivity contribution in [1.29, 1.82) is 0 Å².